The molecule has 18 heavy (non-hydrogen) atoms. The molecule has 0 atom stereocenters. The fraction of sp³-hybridized carbons (Fsp3) is 0.250. The van der Waals surface area contributed by atoms with Crippen LogP contribution in [0.3, 0.4) is 0 Å². The van der Waals surface area contributed by atoms with Crippen molar-refractivity contribution in [3.05, 3.63) is 41.2 Å². The van der Waals surface area contributed by atoms with E-state index in [-0.39, 0.29) is 12.2 Å². The molecule has 3 nitrogen and oxygen atoms in total. The monoisotopic (exact) mass is 260 g/mol. The minimum atomic E-state index is -4.47. The minimum Gasteiger partial charge on any atom is -0.502 e. The third-order valence-electron chi connectivity index (χ3n) is 2.00. The number of esters is 1. The summed E-state index contributed by atoms with van der Waals surface area (Å²) in [6.07, 6.45) is -3.55. The summed E-state index contributed by atoms with van der Waals surface area (Å²) in [5.74, 6) is -1.72. The quantitative estimate of drug-likeness (QED) is 0.516. The maximum atomic E-state index is 12.4. The van der Waals surface area contributed by atoms with Crippen LogP contribution in [0.2, 0.25) is 0 Å². The zero-order valence-electron chi connectivity index (χ0n) is 9.49. The molecule has 0 bridgehead atoms. The van der Waals surface area contributed by atoms with E-state index in [0.29, 0.717) is 0 Å². The highest BCUT2D eigenvalue weighted by Gasteiger charge is 2.30. The first-order chi connectivity index (χ1) is 8.34. The number of benzene rings is 1. The molecule has 1 aromatic carbocycles. The lowest BCUT2D eigenvalue weighted by atomic mass is 10.1. The molecule has 0 spiro atoms. The summed E-state index contributed by atoms with van der Waals surface area (Å²) in [6, 6.07) is 4.26. The number of hydrogen-bond donors (Lipinski definition) is 1. The normalized spacial score (nSPS) is 12.3. The van der Waals surface area contributed by atoms with Gasteiger partial charge in [-0.25, -0.2) is 4.79 Å². The second kappa shape index (κ2) is 5.57. The number of carbonyl (C=O) groups excluding carboxylic acids is 1. The molecular weight excluding hydrogens is 249 g/mol. The number of aliphatic hydroxyl groups is 1. The maximum absolute atomic E-state index is 12.4. The van der Waals surface area contributed by atoms with Crippen LogP contribution >= 0.6 is 0 Å². The molecule has 0 radical (unpaired) electrons. The van der Waals surface area contributed by atoms with Crippen molar-refractivity contribution >= 4 is 12.0 Å². The van der Waals surface area contributed by atoms with Crippen LogP contribution in [0, 0.1) is 0 Å². The van der Waals surface area contributed by atoms with Crippen molar-refractivity contribution < 1.29 is 27.8 Å². The number of ether oxygens (including phenoxy) is 1. The van der Waals surface area contributed by atoms with Gasteiger partial charge < -0.3 is 9.84 Å². The van der Waals surface area contributed by atoms with Gasteiger partial charge in [-0.1, -0.05) is 12.1 Å². The fourth-order valence-electron chi connectivity index (χ4n) is 1.23. The summed E-state index contributed by atoms with van der Waals surface area (Å²) in [5.41, 5.74) is -0.789. The molecule has 0 unspecified atom stereocenters. The van der Waals surface area contributed by atoms with Gasteiger partial charge in [-0.15, -0.1) is 0 Å². The minimum absolute atomic E-state index is 0.0652. The van der Waals surface area contributed by atoms with E-state index in [1.807, 2.05) is 0 Å². The molecule has 0 saturated carbocycles. The van der Waals surface area contributed by atoms with E-state index in [2.05, 4.69) is 4.74 Å². The maximum Gasteiger partial charge on any atom is 0.416 e. The Morgan fingerprint density at radius 1 is 1.44 bits per heavy atom. The zero-order chi connectivity index (χ0) is 13.8. The van der Waals surface area contributed by atoms with E-state index in [9.17, 15) is 23.1 Å². The van der Waals surface area contributed by atoms with Crippen molar-refractivity contribution in [2.24, 2.45) is 0 Å². The molecule has 0 fully saturated rings. The smallest absolute Gasteiger partial charge is 0.416 e. The van der Waals surface area contributed by atoms with Crippen LogP contribution in [0.5, 0.6) is 0 Å². The highest BCUT2D eigenvalue weighted by Crippen LogP contribution is 2.29. The van der Waals surface area contributed by atoms with Gasteiger partial charge in [-0.2, -0.15) is 13.2 Å². The topological polar surface area (TPSA) is 46.5 Å². The predicted molar refractivity (Wildman–Crippen MR) is 58.7 cm³/mol. The van der Waals surface area contributed by atoms with Crippen LogP contribution < -0.4 is 0 Å². The summed E-state index contributed by atoms with van der Waals surface area (Å²) in [5, 5.41) is 9.30. The molecule has 0 aliphatic heterocycles. The van der Waals surface area contributed by atoms with E-state index < -0.39 is 23.5 Å². The SMILES string of the molecule is CCOC(=O)/C(O)=C/c1cccc(C(F)(F)F)c1. The van der Waals surface area contributed by atoms with Gasteiger partial charge in [0.2, 0.25) is 5.76 Å². The highest BCUT2D eigenvalue weighted by molar-refractivity contribution is 5.90. The highest BCUT2D eigenvalue weighted by atomic mass is 19.4. The van der Waals surface area contributed by atoms with Crippen molar-refractivity contribution in [2.45, 2.75) is 13.1 Å². The Labute approximate surface area is 101 Å². The van der Waals surface area contributed by atoms with E-state index in [4.69, 9.17) is 0 Å². The molecular formula is C12H11F3O3. The summed E-state index contributed by atoms with van der Waals surface area (Å²) in [7, 11) is 0. The molecule has 0 saturated heterocycles. The molecule has 98 valence electrons. The summed E-state index contributed by atoms with van der Waals surface area (Å²) >= 11 is 0. The summed E-state index contributed by atoms with van der Waals surface area (Å²) in [4.78, 5) is 11.1. The first kappa shape index (κ1) is 14.1. The fourth-order valence-corrected chi connectivity index (χ4v) is 1.23. The van der Waals surface area contributed by atoms with E-state index >= 15 is 0 Å². The third-order valence-corrected chi connectivity index (χ3v) is 2.00. The van der Waals surface area contributed by atoms with Crippen molar-refractivity contribution in [3.63, 3.8) is 0 Å². The van der Waals surface area contributed by atoms with Gasteiger partial charge in [0.1, 0.15) is 0 Å². The molecule has 6 heteroatoms. The summed E-state index contributed by atoms with van der Waals surface area (Å²) < 4.78 is 41.7. The molecule has 0 aliphatic rings. The van der Waals surface area contributed by atoms with Crippen LogP contribution in [-0.4, -0.2) is 17.7 Å². The second-order valence-electron chi connectivity index (χ2n) is 3.37. The first-order valence-corrected chi connectivity index (χ1v) is 5.09. The first-order valence-electron chi connectivity index (χ1n) is 5.09. The van der Waals surface area contributed by atoms with E-state index in [1.165, 1.54) is 12.1 Å². The van der Waals surface area contributed by atoms with Crippen LogP contribution in [0.15, 0.2) is 30.0 Å². The van der Waals surface area contributed by atoms with Gasteiger partial charge in [-0.3, -0.25) is 0 Å². The third kappa shape index (κ3) is 3.80. The van der Waals surface area contributed by atoms with Crippen molar-refractivity contribution in [2.75, 3.05) is 6.61 Å². The number of carbonyl (C=O) groups is 1. The Bertz CT molecular complexity index is 464. The van der Waals surface area contributed by atoms with Gasteiger partial charge in [-0.05, 0) is 30.7 Å². The van der Waals surface area contributed by atoms with Crippen LogP contribution in [0.25, 0.3) is 6.08 Å². The molecule has 1 rings (SSSR count). The Morgan fingerprint density at radius 3 is 2.67 bits per heavy atom. The van der Waals surface area contributed by atoms with Crippen LogP contribution in [0.4, 0.5) is 13.2 Å². The average Bonchev–Trinajstić information content (AvgIpc) is 2.28. The van der Waals surface area contributed by atoms with Crippen LogP contribution in [0.1, 0.15) is 18.1 Å². The molecule has 1 N–H and O–H groups in total. The molecule has 0 aromatic heterocycles. The van der Waals surface area contributed by atoms with Gasteiger partial charge in [0.25, 0.3) is 0 Å². The molecule has 0 amide bonds. The number of rotatable bonds is 3. The molecule has 0 aliphatic carbocycles. The van der Waals surface area contributed by atoms with Gasteiger partial charge >= 0.3 is 12.1 Å². The largest absolute Gasteiger partial charge is 0.502 e. The number of halogens is 3. The number of hydrogen-bond acceptors (Lipinski definition) is 3. The average molecular weight is 260 g/mol. The predicted octanol–water partition coefficient (Wildman–Crippen LogP) is 3.17. The Morgan fingerprint density at radius 2 is 2.11 bits per heavy atom. The lowest BCUT2D eigenvalue weighted by Gasteiger charge is -2.07. The Hall–Kier alpha value is -1.98. The standard InChI is InChI=1S/C12H11F3O3/c1-2-18-11(17)10(16)7-8-4-3-5-9(6-8)12(13,14)15/h3-7,16H,2H2,1H3/b10-7-. The van der Waals surface area contributed by atoms with Crippen molar-refractivity contribution in [1.82, 2.24) is 0 Å². The van der Waals surface area contributed by atoms with Crippen LogP contribution in [-0.2, 0) is 15.7 Å². The Balaban J connectivity index is 2.98. The molecule has 0 heterocycles. The Kier molecular flexibility index (Phi) is 4.36. The molecule has 1 aromatic rings. The van der Waals surface area contributed by atoms with Gasteiger partial charge in [0.05, 0.1) is 12.2 Å². The second-order valence-corrected chi connectivity index (χ2v) is 3.37. The number of aliphatic hydroxyl groups excluding tert-OH is 1. The number of alkyl halides is 3. The van der Waals surface area contributed by atoms with E-state index in [0.717, 1.165) is 18.2 Å². The van der Waals surface area contributed by atoms with Gasteiger partial charge in [0.15, 0.2) is 0 Å². The summed E-state index contributed by atoms with van der Waals surface area (Å²) in [6.45, 7) is 1.62. The van der Waals surface area contributed by atoms with Crippen molar-refractivity contribution in [3.8, 4) is 0 Å². The van der Waals surface area contributed by atoms with Crippen molar-refractivity contribution in [1.29, 1.82) is 0 Å². The zero-order valence-corrected chi connectivity index (χ0v) is 9.49. The lowest BCUT2D eigenvalue weighted by molar-refractivity contribution is -0.141. The van der Waals surface area contributed by atoms with Gasteiger partial charge in [0, 0.05) is 0 Å². The lowest BCUT2D eigenvalue weighted by Crippen LogP contribution is -2.07. The van der Waals surface area contributed by atoms with E-state index in [1.54, 1.807) is 6.92 Å².